The maximum Gasteiger partial charge on any atom is 0.254 e. The number of carbonyl (C=O) groups excluding carboxylic acids is 1. The van der Waals surface area contributed by atoms with Crippen molar-refractivity contribution in [3.8, 4) is 17.2 Å². The van der Waals surface area contributed by atoms with Crippen molar-refractivity contribution in [2.24, 2.45) is 7.05 Å². The lowest BCUT2D eigenvalue weighted by Crippen LogP contribution is -2.42. The Morgan fingerprint density at radius 1 is 0.972 bits per heavy atom. The Hall–Kier alpha value is -3.74. The molecule has 0 N–H and O–H groups in total. The van der Waals surface area contributed by atoms with Crippen LogP contribution in [-0.2, 0) is 24.9 Å². The molecule has 0 bridgehead atoms. The molecular weight excluding hydrogens is 456 g/mol. The standard InChI is InChI=1S/C29H34N2O5/c1-21-17-25(19-29(33)30(21)2)36-24-13-15-31(16-14-24)28(32)12-10-22-9-11-26(34-3)27(18-22)35-20-23-7-5-4-6-8-23/h4-9,11,17-19,24H,10,12-16,20H2,1-3H3. The lowest BCUT2D eigenvalue weighted by atomic mass is 10.0. The number of pyridine rings is 1. The van der Waals surface area contributed by atoms with Gasteiger partial charge in [-0.3, -0.25) is 9.59 Å². The Bertz CT molecular complexity index is 1230. The van der Waals surface area contributed by atoms with Crippen molar-refractivity contribution in [3.05, 3.63) is 87.8 Å². The van der Waals surface area contributed by atoms with E-state index in [4.69, 9.17) is 14.2 Å². The van der Waals surface area contributed by atoms with Gasteiger partial charge in [-0.05, 0) is 42.7 Å². The van der Waals surface area contributed by atoms with Crippen LogP contribution in [0.5, 0.6) is 17.2 Å². The molecule has 7 nitrogen and oxygen atoms in total. The number of piperidine rings is 1. The highest BCUT2D eigenvalue weighted by Gasteiger charge is 2.24. The van der Waals surface area contributed by atoms with Crippen LogP contribution in [0.25, 0.3) is 0 Å². The van der Waals surface area contributed by atoms with E-state index in [-0.39, 0.29) is 17.6 Å². The van der Waals surface area contributed by atoms with Crippen molar-refractivity contribution < 1.29 is 19.0 Å². The van der Waals surface area contributed by atoms with Crippen molar-refractivity contribution in [1.29, 1.82) is 0 Å². The summed E-state index contributed by atoms with van der Waals surface area (Å²) in [5.74, 6) is 2.09. The van der Waals surface area contributed by atoms with Crippen LogP contribution >= 0.6 is 0 Å². The highest BCUT2D eigenvalue weighted by molar-refractivity contribution is 5.76. The minimum Gasteiger partial charge on any atom is -0.493 e. The highest BCUT2D eigenvalue weighted by Crippen LogP contribution is 2.29. The molecule has 0 aliphatic carbocycles. The molecule has 1 aliphatic rings. The summed E-state index contributed by atoms with van der Waals surface area (Å²) in [6, 6.07) is 19.2. The smallest absolute Gasteiger partial charge is 0.254 e. The molecule has 0 unspecified atom stereocenters. The number of nitrogens with zero attached hydrogens (tertiary/aromatic N) is 2. The number of hydrogen-bond donors (Lipinski definition) is 0. The number of aryl methyl sites for hydroxylation is 2. The SMILES string of the molecule is COc1ccc(CCC(=O)N2CCC(Oc3cc(C)n(C)c(=O)c3)CC2)cc1OCc1ccccc1. The molecule has 2 heterocycles. The average molecular weight is 491 g/mol. The second kappa shape index (κ2) is 11.8. The number of amides is 1. The molecule has 1 saturated heterocycles. The van der Waals surface area contributed by atoms with E-state index >= 15 is 0 Å². The zero-order valence-corrected chi connectivity index (χ0v) is 21.2. The molecule has 0 spiro atoms. The Morgan fingerprint density at radius 2 is 1.72 bits per heavy atom. The Balaban J connectivity index is 1.27. The number of likely N-dealkylation sites (tertiary alicyclic amines) is 1. The van der Waals surface area contributed by atoms with Crippen LogP contribution in [0.4, 0.5) is 0 Å². The van der Waals surface area contributed by atoms with Gasteiger partial charge >= 0.3 is 0 Å². The Morgan fingerprint density at radius 3 is 2.42 bits per heavy atom. The lowest BCUT2D eigenvalue weighted by molar-refractivity contribution is -0.132. The summed E-state index contributed by atoms with van der Waals surface area (Å²) in [7, 11) is 3.37. The van der Waals surface area contributed by atoms with Gasteiger partial charge in [-0.15, -0.1) is 0 Å². The number of benzene rings is 2. The number of aromatic nitrogens is 1. The topological polar surface area (TPSA) is 70.0 Å². The third-order valence-electron chi connectivity index (χ3n) is 6.67. The van der Waals surface area contributed by atoms with Crippen LogP contribution in [0.1, 0.15) is 36.1 Å². The van der Waals surface area contributed by atoms with E-state index in [9.17, 15) is 9.59 Å². The summed E-state index contributed by atoms with van der Waals surface area (Å²) in [5, 5.41) is 0. The fourth-order valence-electron chi connectivity index (χ4n) is 4.35. The normalized spacial score (nSPS) is 13.9. The first-order valence-electron chi connectivity index (χ1n) is 12.4. The highest BCUT2D eigenvalue weighted by atomic mass is 16.5. The van der Waals surface area contributed by atoms with Crippen molar-refractivity contribution in [3.63, 3.8) is 0 Å². The van der Waals surface area contributed by atoms with E-state index < -0.39 is 0 Å². The van der Waals surface area contributed by atoms with E-state index in [0.717, 1.165) is 29.7 Å². The number of methoxy groups -OCH3 is 1. The molecule has 0 radical (unpaired) electrons. The second-order valence-electron chi connectivity index (χ2n) is 9.19. The van der Waals surface area contributed by atoms with Crippen molar-refractivity contribution in [2.45, 2.75) is 45.3 Å². The summed E-state index contributed by atoms with van der Waals surface area (Å²) in [6.07, 6.45) is 2.57. The van der Waals surface area contributed by atoms with E-state index in [1.807, 2.05) is 66.4 Å². The average Bonchev–Trinajstić information content (AvgIpc) is 2.90. The zero-order valence-electron chi connectivity index (χ0n) is 21.2. The quantitative estimate of drug-likeness (QED) is 0.448. The Labute approximate surface area is 212 Å². The van der Waals surface area contributed by atoms with Gasteiger partial charge in [0, 0.05) is 51.2 Å². The molecule has 190 valence electrons. The minimum absolute atomic E-state index is 0.00599. The van der Waals surface area contributed by atoms with E-state index in [2.05, 4.69) is 0 Å². The summed E-state index contributed by atoms with van der Waals surface area (Å²) < 4.78 is 19.1. The van der Waals surface area contributed by atoms with Gasteiger partial charge in [0.05, 0.1) is 7.11 Å². The van der Waals surface area contributed by atoms with Crippen LogP contribution in [0.3, 0.4) is 0 Å². The molecule has 1 aromatic heterocycles. The van der Waals surface area contributed by atoms with Gasteiger partial charge in [0.15, 0.2) is 11.5 Å². The Kier molecular flexibility index (Phi) is 8.31. The third kappa shape index (κ3) is 6.47. The molecule has 4 rings (SSSR count). The lowest BCUT2D eigenvalue weighted by Gasteiger charge is -2.32. The molecule has 1 fully saturated rings. The molecule has 3 aromatic rings. The van der Waals surface area contributed by atoms with Crippen molar-refractivity contribution >= 4 is 5.91 Å². The summed E-state index contributed by atoms with van der Waals surface area (Å²) in [4.78, 5) is 26.8. The van der Waals surface area contributed by atoms with Gasteiger partial charge in [0.2, 0.25) is 5.91 Å². The first-order valence-corrected chi connectivity index (χ1v) is 12.4. The molecule has 0 saturated carbocycles. The second-order valence-corrected chi connectivity index (χ2v) is 9.19. The summed E-state index contributed by atoms with van der Waals surface area (Å²) >= 11 is 0. The van der Waals surface area contributed by atoms with Gasteiger partial charge in [-0.1, -0.05) is 36.4 Å². The van der Waals surface area contributed by atoms with Gasteiger partial charge in [0.25, 0.3) is 5.56 Å². The predicted octanol–water partition coefficient (Wildman–Crippen LogP) is 4.28. The van der Waals surface area contributed by atoms with Gasteiger partial charge in [-0.2, -0.15) is 0 Å². The van der Waals surface area contributed by atoms with Gasteiger partial charge in [-0.25, -0.2) is 0 Å². The summed E-state index contributed by atoms with van der Waals surface area (Å²) in [5.41, 5.74) is 2.89. The minimum atomic E-state index is -0.0789. The molecule has 0 atom stereocenters. The van der Waals surface area contributed by atoms with Gasteiger partial charge in [0.1, 0.15) is 18.5 Å². The third-order valence-corrected chi connectivity index (χ3v) is 6.67. The predicted molar refractivity (Wildman–Crippen MR) is 139 cm³/mol. The number of carbonyl (C=O) groups is 1. The molecule has 36 heavy (non-hydrogen) atoms. The first-order chi connectivity index (χ1) is 17.4. The van der Waals surface area contributed by atoms with Crippen LogP contribution in [-0.4, -0.2) is 41.7 Å². The molecular formula is C29H34N2O5. The van der Waals surface area contributed by atoms with Crippen LogP contribution < -0.4 is 19.8 Å². The number of rotatable bonds is 9. The summed E-state index contributed by atoms with van der Waals surface area (Å²) in [6.45, 7) is 3.65. The fraction of sp³-hybridized carbons (Fsp3) is 0.379. The van der Waals surface area contributed by atoms with Crippen molar-refractivity contribution in [2.75, 3.05) is 20.2 Å². The number of hydrogen-bond acceptors (Lipinski definition) is 5. The molecule has 1 aliphatic heterocycles. The monoisotopic (exact) mass is 490 g/mol. The van der Waals surface area contributed by atoms with Crippen molar-refractivity contribution in [1.82, 2.24) is 9.47 Å². The number of ether oxygens (including phenoxy) is 3. The first kappa shape index (κ1) is 25.4. The molecule has 2 aromatic carbocycles. The maximum atomic E-state index is 12.9. The van der Waals surface area contributed by atoms with Gasteiger partial charge < -0.3 is 23.7 Å². The van der Waals surface area contributed by atoms with E-state index in [1.165, 1.54) is 6.07 Å². The molecule has 7 heteroatoms. The van der Waals surface area contributed by atoms with Crippen LogP contribution in [0, 0.1) is 6.92 Å². The van der Waals surface area contributed by atoms with E-state index in [1.54, 1.807) is 18.7 Å². The fourth-order valence-corrected chi connectivity index (χ4v) is 4.35. The molecule has 1 amide bonds. The maximum absolute atomic E-state index is 12.9. The van der Waals surface area contributed by atoms with Crippen LogP contribution in [0.15, 0.2) is 65.5 Å². The van der Waals surface area contributed by atoms with E-state index in [0.29, 0.717) is 49.8 Å². The zero-order chi connectivity index (χ0) is 25.5. The largest absolute Gasteiger partial charge is 0.493 e. The van der Waals surface area contributed by atoms with Crippen LogP contribution in [0.2, 0.25) is 0 Å².